The van der Waals surface area contributed by atoms with E-state index < -0.39 is 0 Å². The van der Waals surface area contributed by atoms with Gasteiger partial charge in [0.2, 0.25) is 0 Å². The molecule has 0 aliphatic heterocycles. The summed E-state index contributed by atoms with van der Waals surface area (Å²) in [6, 6.07) is 6.59. The molecule has 0 bridgehead atoms. The van der Waals surface area contributed by atoms with Gasteiger partial charge in [-0.2, -0.15) is 5.10 Å². The van der Waals surface area contributed by atoms with Crippen LogP contribution in [0.2, 0.25) is 0 Å². The van der Waals surface area contributed by atoms with Gasteiger partial charge in [-0.25, -0.2) is 4.39 Å². The second-order valence-electron chi connectivity index (χ2n) is 4.80. The van der Waals surface area contributed by atoms with Gasteiger partial charge in [-0.15, -0.1) is 11.8 Å². The lowest BCUT2D eigenvalue weighted by molar-refractivity contribution is 0.550. The SMILES string of the molecule is Cc1nn(C)c(CC(CSc2ccc(F)cc2)NN)c1Br. The molecular weight excluding hydrogens is 355 g/mol. The highest BCUT2D eigenvalue weighted by Gasteiger charge is 2.16. The summed E-state index contributed by atoms with van der Waals surface area (Å²) in [6.45, 7) is 1.96. The van der Waals surface area contributed by atoms with Crippen LogP contribution in [0.4, 0.5) is 4.39 Å². The number of aromatic nitrogens is 2. The number of aryl methyl sites for hydroxylation is 2. The molecule has 3 N–H and O–H groups in total. The molecule has 0 saturated carbocycles. The van der Waals surface area contributed by atoms with Crippen LogP contribution >= 0.6 is 27.7 Å². The highest BCUT2D eigenvalue weighted by molar-refractivity contribution is 9.10. The average Bonchev–Trinajstić information content (AvgIpc) is 2.71. The van der Waals surface area contributed by atoms with E-state index in [9.17, 15) is 4.39 Å². The first-order chi connectivity index (χ1) is 10.0. The van der Waals surface area contributed by atoms with Gasteiger partial charge in [0.1, 0.15) is 5.82 Å². The first-order valence-corrected chi connectivity index (χ1v) is 8.31. The zero-order valence-electron chi connectivity index (χ0n) is 11.9. The van der Waals surface area contributed by atoms with E-state index in [0.29, 0.717) is 0 Å². The van der Waals surface area contributed by atoms with Crippen LogP contribution in [-0.2, 0) is 13.5 Å². The molecule has 4 nitrogen and oxygen atoms in total. The summed E-state index contributed by atoms with van der Waals surface area (Å²) in [6.07, 6.45) is 0.766. The van der Waals surface area contributed by atoms with Crippen LogP contribution in [-0.4, -0.2) is 21.6 Å². The highest BCUT2D eigenvalue weighted by Crippen LogP contribution is 2.24. The Kier molecular flexibility index (Phi) is 5.80. The Morgan fingerprint density at radius 3 is 2.62 bits per heavy atom. The van der Waals surface area contributed by atoms with E-state index in [2.05, 4.69) is 26.5 Å². The fourth-order valence-electron chi connectivity index (χ4n) is 2.03. The van der Waals surface area contributed by atoms with Crippen LogP contribution in [0, 0.1) is 12.7 Å². The molecular formula is C14H18BrFN4S. The topological polar surface area (TPSA) is 55.9 Å². The van der Waals surface area contributed by atoms with Crippen molar-refractivity contribution in [1.82, 2.24) is 15.2 Å². The molecule has 114 valence electrons. The highest BCUT2D eigenvalue weighted by atomic mass is 79.9. The normalized spacial score (nSPS) is 12.6. The van der Waals surface area contributed by atoms with Gasteiger partial charge in [-0.1, -0.05) is 0 Å². The lowest BCUT2D eigenvalue weighted by Gasteiger charge is -2.16. The Bertz CT molecular complexity index is 600. The quantitative estimate of drug-likeness (QED) is 0.465. The van der Waals surface area contributed by atoms with Crippen LogP contribution in [0.3, 0.4) is 0 Å². The fraction of sp³-hybridized carbons (Fsp3) is 0.357. The van der Waals surface area contributed by atoms with Gasteiger partial charge in [0, 0.05) is 30.2 Å². The van der Waals surface area contributed by atoms with Crippen molar-refractivity contribution in [3.05, 3.63) is 45.9 Å². The number of rotatable bonds is 6. The van der Waals surface area contributed by atoms with Crippen molar-refractivity contribution in [3.63, 3.8) is 0 Å². The minimum atomic E-state index is -0.220. The number of halogens is 2. The summed E-state index contributed by atoms with van der Waals surface area (Å²) >= 11 is 5.21. The summed E-state index contributed by atoms with van der Waals surface area (Å²) in [5, 5.41) is 4.38. The summed E-state index contributed by atoms with van der Waals surface area (Å²) in [5.74, 6) is 6.22. The molecule has 0 radical (unpaired) electrons. The number of nitrogens with zero attached hydrogens (tertiary/aromatic N) is 2. The zero-order valence-corrected chi connectivity index (χ0v) is 14.3. The molecule has 0 amide bonds. The van der Waals surface area contributed by atoms with E-state index in [0.717, 1.165) is 32.9 Å². The number of benzene rings is 1. The largest absolute Gasteiger partial charge is 0.271 e. The van der Waals surface area contributed by atoms with Crippen molar-refractivity contribution in [2.75, 3.05) is 5.75 Å². The predicted molar refractivity (Wildman–Crippen MR) is 87.6 cm³/mol. The molecule has 7 heteroatoms. The molecule has 0 fully saturated rings. The first kappa shape index (κ1) is 16.5. The number of hydrogen-bond acceptors (Lipinski definition) is 4. The van der Waals surface area contributed by atoms with Gasteiger partial charge in [-0.3, -0.25) is 16.0 Å². The van der Waals surface area contributed by atoms with Gasteiger partial charge >= 0.3 is 0 Å². The van der Waals surface area contributed by atoms with Gasteiger partial charge in [-0.05, 0) is 47.1 Å². The third-order valence-corrected chi connectivity index (χ3v) is 5.41. The minimum Gasteiger partial charge on any atom is -0.271 e. The lowest BCUT2D eigenvalue weighted by Crippen LogP contribution is -2.39. The number of thioether (sulfide) groups is 1. The smallest absolute Gasteiger partial charge is 0.123 e. The molecule has 1 aromatic carbocycles. The standard InChI is InChI=1S/C14H18BrFN4S/c1-9-14(15)13(20(2)19-9)7-11(18-17)8-21-12-5-3-10(16)4-6-12/h3-6,11,18H,7-8,17H2,1-2H3. The fourth-order valence-corrected chi connectivity index (χ4v) is 3.46. The van der Waals surface area contributed by atoms with E-state index in [1.165, 1.54) is 12.1 Å². The van der Waals surface area contributed by atoms with Crippen LogP contribution in [0.25, 0.3) is 0 Å². The molecule has 0 aliphatic carbocycles. The molecule has 1 heterocycles. The van der Waals surface area contributed by atoms with E-state index in [-0.39, 0.29) is 11.9 Å². The second kappa shape index (κ2) is 7.40. The number of hydrogen-bond donors (Lipinski definition) is 2. The summed E-state index contributed by atoms with van der Waals surface area (Å²) in [4.78, 5) is 1.02. The summed E-state index contributed by atoms with van der Waals surface area (Å²) < 4.78 is 15.8. The Morgan fingerprint density at radius 2 is 2.10 bits per heavy atom. The van der Waals surface area contributed by atoms with Crippen LogP contribution < -0.4 is 11.3 Å². The molecule has 0 saturated heterocycles. The molecule has 0 spiro atoms. The Hall–Kier alpha value is -0.890. The van der Waals surface area contributed by atoms with Crippen molar-refractivity contribution >= 4 is 27.7 Å². The van der Waals surface area contributed by atoms with E-state index >= 15 is 0 Å². The van der Waals surface area contributed by atoms with E-state index in [1.807, 2.05) is 18.7 Å². The monoisotopic (exact) mass is 372 g/mol. The predicted octanol–water partition coefficient (Wildman–Crippen LogP) is 2.80. The maximum Gasteiger partial charge on any atom is 0.123 e. The Labute approximate surface area is 136 Å². The molecule has 0 aliphatic rings. The molecule has 2 rings (SSSR count). The van der Waals surface area contributed by atoms with Gasteiger partial charge in [0.25, 0.3) is 0 Å². The number of nitrogens with one attached hydrogen (secondary N) is 1. The Morgan fingerprint density at radius 1 is 1.43 bits per heavy atom. The van der Waals surface area contributed by atoms with E-state index in [4.69, 9.17) is 5.84 Å². The van der Waals surface area contributed by atoms with E-state index in [1.54, 1.807) is 23.9 Å². The summed E-state index contributed by atoms with van der Waals surface area (Å²) in [7, 11) is 1.92. The van der Waals surface area contributed by atoms with Gasteiger partial charge in [0.05, 0.1) is 15.9 Å². The van der Waals surface area contributed by atoms with Crippen LogP contribution in [0.5, 0.6) is 0 Å². The van der Waals surface area contributed by atoms with Crippen LogP contribution in [0.15, 0.2) is 33.6 Å². The molecule has 1 atom stereocenters. The summed E-state index contributed by atoms with van der Waals surface area (Å²) in [5.41, 5.74) is 4.91. The van der Waals surface area contributed by atoms with Crippen molar-refractivity contribution in [2.24, 2.45) is 12.9 Å². The maximum atomic E-state index is 12.9. The molecule has 1 aromatic heterocycles. The van der Waals surface area contributed by atoms with Crippen molar-refractivity contribution < 1.29 is 4.39 Å². The lowest BCUT2D eigenvalue weighted by atomic mass is 10.2. The number of hydrazine groups is 1. The minimum absolute atomic E-state index is 0.103. The molecule has 2 aromatic rings. The maximum absolute atomic E-state index is 12.9. The average molecular weight is 373 g/mol. The molecule has 1 unspecified atom stereocenters. The molecule has 21 heavy (non-hydrogen) atoms. The van der Waals surface area contributed by atoms with Crippen molar-refractivity contribution in [1.29, 1.82) is 0 Å². The van der Waals surface area contributed by atoms with Gasteiger partial charge < -0.3 is 0 Å². The third-order valence-electron chi connectivity index (χ3n) is 3.20. The Balaban J connectivity index is 1.98. The zero-order chi connectivity index (χ0) is 15.4. The first-order valence-electron chi connectivity index (χ1n) is 6.53. The number of nitrogens with two attached hydrogens (primary N) is 1. The third kappa shape index (κ3) is 4.29. The van der Waals surface area contributed by atoms with Gasteiger partial charge in [0.15, 0.2) is 0 Å². The van der Waals surface area contributed by atoms with Crippen molar-refractivity contribution in [2.45, 2.75) is 24.3 Å². The van der Waals surface area contributed by atoms with Crippen LogP contribution in [0.1, 0.15) is 11.4 Å². The second-order valence-corrected chi connectivity index (χ2v) is 6.69. The van der Waals surface area contributed by atoms with Crippen molar-refractivity contribution in [3.8, 4) is 0 Å².